The van der Waals surface area contributed by atoms with Crippen molar-refractivity contribution in [1.82, 2.24) is 0 Å². The van der Waals surface area contributed by atoms with Crippen LogP contribution in [0.4, 0.5) is 5.69 Å². The Hall–Kier alpha value is -2.16. The van der Waals surface area contributed by atoms with Crippen LogP contribution in [0.1, 0.15) is 12.5 Å². The fourth-order valence-electron chi connectivity index (χ4n) is 1.84. The van der Waals surface area contributed by atoms with Crippen LogP contribution in [0, 0.1) is 11.3 Å². The zero-order valence-corrected chi connectivity index (χ0v) is 14.2. The molecule has 6 heteroatoms. The van der Waals surface area contributed by atoms with Crippen LogP contribution in [0.25, 0.3) is 0 Å². The fraction of sp³-hybridized carbons (Fsp3) is 0.176. The molecule has 2 rings (SSSR count). The number of hydrogen-bond donors (Lipinski definition) is 1. The Morgan fingerprint density at radius 3 is 2.57 bits per heavy atom. The van der Waals surface area contributed by atoms with Gasteiger partial charge in [-0.05, 0) is 49.4 Å². The van der Waals surface area contributed by atoms with Crippen LogP contribution >= 0.6 is 23.4 Å². The Morgan fingerprint density at radius 1 is 1.30 bits per heavy atom. The first-order valence-electron chi connectivity index (χ1n) is 6.84. The molecule has 118 valence electrons. The Balaban J connectivity index is 1.99. The summed E-state index contributed by atoms with van der Waals surface area (Å²) in [7, 11) is 1.61. The Kier molecular flexibility index (Phi) is 5.91. The number of nitrogens with one attached hydrogen (secondary N) is 1. The predicted octanol–water partition coefficient (Wildman–Crippen LogP) is 4.34. The van der Waals surface area contributed by atoms with E-state index < -0.39 is 0 Å². The van der Waals surface area contributed by atoms with Gasteiger partial charge in [-0.25, -0.2) is 0 Å². The van der Waals surface area contributed by atoms with Crippen molar-refractivity contribution >= 4 is 35.0 Å². The van der Waals surface area contributed by atoms with Gasteiger partial charge in [0.1, 0.15) is 11.8 Å². The number of hydrogen-bond acceptors (Lipinski definition) is 4. The highest BCUT2D eigenvalue weighted by molar-refractivity contribution is 8.00. The number of nitriles is 1. The molecule has 23 heavy (non-hydrogen) atoms. The molecule has 0 saturated heterocycles. The van der Waals surface area contributed by atoms with Crippen LogP contribution in [0.15, 0.2) is 47.4 Å². The van der Waals surface area contributed by atoms with Gasteiger partial charge in [0, 0.05) is 10.6 Å². The van der Waals surface area contributed by atoms with E-state index in [1.54, 1.807) is 25.3 Å². The first-order valence-corrected chi connectivity index (χ1v) is 8.10. The van der Waals surface area contributed by atoms with E-state index in [4.69, 9.17) is 21.6 Å². The van der Waals surface area contributed by atoms with Crippen molar-refractivity contribution in [3.05, 3.63) is 53.1 Å². The summed E-state index contributed by atoms with van der Waals surface area (Å²) in [5, 5.41) is 11.7. The number of ether oxygens (including phenoxy) is 1. The number of benzene rings is 2. The van der Waals surface area contributed by atoms with Gasteiger partial charge in [0.25, 0.3) is 0 Å². The standard InChI is InChI=1S/C17H15ClN2O2S/c1-11(23-15-7-5-14(22-2)6-8-15)17(21)20-13-4-3-12(10-19)16(18)9-13/h3-9,11H,1-2H3,(H,20,21)/t11-/m0/s1. The van der Waals surface area contributed by atoms with Crippen molar-refractivity contribution in [2.75, 3.05) is 12.4 Å². The summed E-state index contributed by atoms with van der Waals surface area (Å²) in [5.41, 5.74) is 0.950. The summed E-state index contributed by atoms with van der Waals surface area (Å²) in [4.78, 5) is 13.2. The summed E-state index contributed by atoms with van der Waals surface area (Å²) in [6, 6.07) is 14.3. The second-order valence-electron chi connectivity index (χ2n) is 4.73. The van der Waals surface area contributed by atoms with Crippen LogP contribution in [-0.4, -0.2) is 18.3 Å². The first-order chi connectivity index (χ1) is 11.0. The second kappa shape index (κ2) is 7.91. The van der Waals surface area contributed by atoms with Crippen molar-refractivity contribution < 1.29 is 9.53 Å². The van der Waals surface area contributed by atoms with Crippen molar-refractivity contribution in [2.45, 2.75) is 17.1 Å². The van der Waals surface area contributed by atoms with Gasteiger partial charge in [0.2, 0.25) is 5.91 Å². The third-order valence-corrected chi connectivity index (χ3v) is 4.52. The molecule has 0 saturated carbocycles. The molecule has 0 radical (unpaired) electrons. The Bertz CT molecular complexity index is 741. The Labute approximate surface area is 144 Å². The maximum absolute atomic E-state index is 12.2. The molecule has 0 aliphatic heterocycles. The summed E-state index contributed by atoms with van der Waals surface area (Å²) in [6.45, 7) is 1.83. The van der Waals surface area contributed by atoms with Gasteiger partial charge >= 0.3 is 0 Å². The lowest BCUT2D eigenvalue weighted by Crippen LogP contribution is -2.22. The minimum Gasteiger partial charge on any atom is -0.497 e. The highest BCUT2D eigenvalue weighted by atomic mass is 35.5. The average Bonchev–Trinajstić information content (AvgIpc) is 2.55. The van der Waals surface area contributed by atoms with Crippen molar-refractivity contribution in [2.24, 2.45) is 0 Å². The van der Waals surface area contributed by atoms with E-state index >= 15 is 0 Å². The smallest absolute Gasteiger partial charge is 0.237 e. The molecule has 0 unspecified atom stereocenters. The zero-order chi connectivity index (χ0) is 16.8. The van der Waals surface area contributed by atoms with E-state index in [1.165, 1.54) is 11.8 Å². The summed E-state index contributed by atoms with van der Waals surface area (Å²) < 4.78 is 5.11. The number of rotatable bonds is 5. The van der Waals surface area contributed by atoms with Crippen molar-refractivity contribution in [3.63, 3.8) is 0 Å². The van der Waals surface area contributed by atoms with E-state index in [-0.39, 0.29) is 11.2 Å². The largest absolute Gasteiger partial charge is 0.497 e. The molecular formula is C17H15ClN2O2S. The quantitative estimate of drug-likeness (QED) is 0.818. The van der Waals surface area contributed by atoms with E-state index in [2.05, 4.69) is 5.32 Å². The lowest BCUT2D eigenvalue weighted by Gasteiger charge is -2.12. The average molecular weight is 347 g/mol. The number of carbonyl (C=O) groups is 1. The van der Waals surface area contributed by atoms with E-state index in [0.29, 0.717) is 16.3 Å². The minimum absolute atomic E-state index is 0.133. The number of nitrogens with zero attached hydrogens (tertiary/aromatic N) is 1. The number of halogens is 1. The second-order valence-corrected chi connectivity index (χ2v) is 6.55. The van der Waals surface area contributed by atoms with E-state index in [9.17, 15) is 4.79 Å². The third-order valence-electron chi connectivity index (χ3n) is 3.10. The molecule has 1 atom stereocenters. The number of methoxy groups -OCH3 is 1. The van der Waals surface area contributed by atoms with E-state index in [0.717, 1.165) is 10.6 Å². The molecule has 0 aliphatic carbocycles. The molecule has 0 aliphatic rings. The summed E-state index contributed by atoms with van der Waals surface area (Å²) in [6.07, 6.45) is 0. The van der Waals surface area contributed by atoms with Crippen LogP contribution in [0.5, 0.6) is 5.75 Å². The van der Waals surface area contributed by atoms with Crippen molar-refractivity contribution in [1.29, 1.82) is 5.26 Å². The molecule has 0 bridgehead atoms. The van der Waals surface area contributed by atoms with Gasteiger partial charge in [-0.3, -0.25) is 4.79 Å². The van der Waals surface area contributed by atoms with Crippen molar-refractivity contribution in [3.8, 4) is 11.8 Å². The molecule has 0 aromatic heterocycles. The summed E-state index contributed by atoms with van der Waals surface area (Å²) >= 11 is 7.41. The topological polar surface area (TPSA) is 62.1 Å². The number of carbonyl (C=O) groups excluding carboxylic acids is 1. The van der Waals surface area contributed by atoms with Crippen LogP contribution in [0.3, 0.4) is 0 Å². The molecule has 0 fully saturated rings. The SMILES string of the molecule is COc1ccc(S[C@@H](C)C(=O)Nc2ccc(C#N)c(Cl)c2)cc1. The lowest BCUT2D eigenvalue weighted by molar-refractivity contribution is -0.115. The maximum Gasteiger partial charge on any atom is 0.237 e. The molecule has 1 N–H and O–H groups in total. The molecule has 0 heterocycles. The molecule has 2 aromatic carbocycles. The van der Waals surface area contributed by atoms with Gasteiger partial charge in [0.15, 0.2) is 0 Å². The Morgan fingerprint density at radius 2 is 2.00 bits per heavy atom. The van der Waals surface area contributed by atoms with Gasteiger partial charge in [0.05, 0.1) is 22.9 Å². The zero-order valence-electron chi connectivity index (χ0n) is 12.7. The molecule has 4 nitrogen and oxygen atoms in total. The van der Waals surface area contributed by atoms with Crippen LogP contribution in [-0.2, 0) is 4.79 Å². The van der Waals surface area contributed by atoms with Gasteiger partial charge < -0.3 is 10.1 Å². The molecule has 1 amide bonds. The highest BCUT2D eigenvalue weighted by Gasteiger charge is 2.15. The summed E-state index contributed by atoms with van der Waals surface area (Å²) in [5.74, 6) is 0.644. The number of amides is 1. The molecule has 0 spiro atoms. The number of thioether (sulfide) groups is 1. The number of anilines is 1. The van der Waals surface area contributed by atoms with E-state index in [1.807, 2.05) is 37.3 Å². The molecule has 2 aromatic rings. The highest BCUT2D eigenvalue weighted by Crippen LogP contribution is 2.27. The predicted molar refractivity (Wildman–Crippen MR) is 93.1 cm³/mol. The molecular weight excluding hydrogens is 332 g/mol. The normalized spacial score (nSPS) is 11.4. The third kappa shape index (κ3) is 4.65. The van der Waals surface area contributed by atoms with Gasteiger partial charge in [-0.1, -0.05) is 11.6 Å². The lowest BCUT2D eigenvalue weighted by atomic mass is 10.2. The van der Waals surface area contributed by atoms with Gasteiger partial charge in [-0.15, -0.1) is 11.8 Å². The van der Waals surface area contributed by atoms with Crippen LogP contribution in [0.2, 0.25) is 5.02 Å². The fourth-order valence-corrected chi connectivity index (χ4v) is 2.93. The van der Waals surface area contributed by atoms with Crippen LogP contribution < -0.4 is 10.1 Å². The maximum atomic E-state index is 12.2. The minimum atomic E-state index is -0.280. The first kappa shape index (κ1) is 17.2. The monoisotopic (exact) mass is 346 g/mol. The van der Waals surface area contributed by atoms with Gasteiger partial charge in [-0.2, -0.15) is 5.26 Å².